The number of fused-ring (bicyclic) bond motifs is 7. The summed E-state index contributed by atoms with van der Waals surface area (Å²) in [5, 5.41) is 4.09. The molecule has 5 aliphatic rings. The van der Waals surface area contributed by atoms with E-state index in [1.165, 1.54) is 73.6 Å². The number of aromatic nitrogens is 1. The number of carbonyl (C=O) groups excluding carboxylic acids is 1. The lowest BCUT2D eigenvalue weighted by Gasteiger charge is -2.72. The second-order valence-electron chi connectivity index (χ2n) is 20.5. The Kier molecular flexibility index (Phi) is 10.5. The third kappa shape index (κ3) is 6.27. The fourth-order valence-electron chi connectivity index (χ4n) is 14.4. The van der Waals surface area contributed by atoms with E-state index in [4.69, 9.17) is 4.74 Å². The molecule has 0 spiro atoms. The SMILES string of the molecule is C=C(C)C1CCC2(CNCC(c3cccnc3)N(C)C)CC[C@]3(C)[C@H](CC[C@@H]4[C@@]5(C)CC=C(c6ccc(C(=O)OC(C)C)cc6)C(C)(C)[C@@H]5CC[C@]43C)[C@@H]12. The largest absolute Gasteiger partial charge is 0.459 e. The molecule has 0 aliphatic heterocycles. The van der Waals surface area contributed by atoms with E-state index in [0.29, 0.717) is 51.5 Å². The molecule has 0 radical (unpaired) electrons. The fraction of sp³-hybridized carbons (Fsp3) is 0.673. The van der Waals surface area contributed by atoms with Crippen molar-refractivity contribution in [1.29, 1.82) is 0 Å². The van der Waals surface area contributed by atoms with Gasteiger partial charge in [0.1, 0.15) is 0 Å². The van der Waals surface area contributed by atoms with Gasteiger partial charge < -0.3 is 15.0 Å². The van der Waals surface area contributed by atoms with Crippen LogP contribution in [0.5, 0.6) is 0 Å². The first-order chi connectivity index (χ1) is 25.5. The van der Waals surface area contributed by atoms with Gasteiger partial charge in [-0.05, 0) is 184 Å². The lowest BCUT2D eigenvalue weighted by molar-refractivity contribution is -0.225. The Morgan fingerprint density at radius 1 is 0.944 bits per heavy atom. The summed E-state index contributed by atoms with van der Waals surface area (Å²) in [4.78, 5) is 19.4. The minimum atomic E-state index is -0.237. The highest BCUT2D eigenvalue weighted by molar-refractivity contribution is 5.90. The number of allylic oxidation sites excluding steroid dienone is 3. The van der Waals surface area contributed by atoms with Crippen molar-refractivity contribution in [3.8, 4) is 0 Å². The molecule has 4 fully saturated rings. The molecule has 2 aromatic rings. The van der Waals surface area contributed by atoms with Gasteiger partial charge >= 0.3 is 5.97 Å². The summed E-state index contributed by atoms with van der Waals surface area (Å²) in [7, 11) is 4.39. The van der Waals surface area contributed by atoms with Crippen LogP contribution in [0.4, 0.5) is 0 Å². The second-order valence-corrected chi connectivity index (χ2v) is 20.5. The van der Waals surface area contributed by atoms with Crippen molar-refractivity contribution in [2.75, 3.05) is 27.2 Å². The van der Waals surface area contributed by atoms with Crippen LogP contribution < -0.4 is 5.32 Å². The molecule has 1 aromatic carbocycles. The summed E-state index contributed by atoms with van der Waals surface area (Å²) in [6.07, 6.45) is 18.2. The van der Waals surface area contributed by atoms with Crippen molar-refractivity contribution >= 4 is 11.5 Å². The van der Waals surface area contributed by atoms with Crippen LogP contribution >= 0.6 is 0 Å². The molecule has 5 nitrogen and oxygen atoms in total. The number of rotatable bonds is 10. The predicted molar refractivity (Wildman–Crippen MR) is 223 cm³/mol. The average Bonchev–Trinajstić information content (AvgIpc) is 3.50. The number of ether oxygens (including phenoxy) is 1. The molecule has 5 aliphatic carbocycles. The first-order valence-corrected chi connectivity index (χ1v) is 21.4. The lowest BCUT2D eigenvalue weighted by atomic mass is 9.32. The zero-order chi connectivity index (χ0) is 38.8. The Hall–Kier alpha value is -2.76. The maximum Gasteiger partial charge on any atom is 0.338 e. The topological polar surface area (TPSA) is 54.5 Å². The Labute approximate surface area is 328 Å². The van der Waals surface area contributed by atoms with Crippen LogP contribution in [0.2, 0.25) is 0 Å². The molecule has 1 heterocycles. The van der Waals surface area contributed by atoms with Crippen molar-refractivity contribution in [1.82, 2.24) is 15.2 Å². The highest BCUT2D eigenvalue weighted by Crippen LogP contribution is 2.77. The van der Waals surface area contributed by atoms with Gasteiger partial charge in [0, 0.05) is 31.5 Å². The second kappa shape index (κ2) is 14.3. The average molecular weight is 734 g/mol. The van der Waals surface area contributed by atoms with Crippen molar-refractivity contribution in [3.05, 3.63) is 83.7 Å². The maximum absolute atomic E-state index is 12.6. The van der Waals surface area contributed by atoms with Crippen LogP contribution in [0.3, 0.4) is 0 Å². The number of nitrogens with one attached hydrogen (secondary N) is 1. The summed E-state index contributed by atoms with van der Waals surface area (Å²) in [5.41, 5.74) is 7.37. The van der Waals surface area contributed by atoms with Gasteiger partial charge in [-0.25, -0.2) is 4.79 Å². The zero-order valence-electron chi connectivity index (χ0n) is 35.4. The van der Waals surface area contributed by atoms with Gasteiger partial charge in [0.25, 0.3) is 0 Å². The number of hydrogen-bond donors (Lipinski definition) is 1. The van der Waals surface area contributed by atoms with E-state index < -0.39 is 0 Å². The molecular formula is C49H71N3O2. The van der Waals surface area contributed by atoms with Crippen LogP contribution in [-0.2, 0) is 4.74 Å². The van der Waals surface area contributed by atoms with Crippen molar-refractivity contribution < 1.29 is 9.53 Å². The normalized spacial score (nSPS) is 37.4. The van der Waals surface area contributed by atoms with Crippen molar-refractivity contribution in [2.45, 2.75) is 125 Å². The molecule has 10 atom stereocenters. The Morgan fingerprint density at radius 2 is 1.69 bits per heavy atom. The summed E-state index contributed by atoms with van der Waals surface area (Å²) in [5.74, 6) is 3.18. The first kappa shape index (κ1) is 39.5. The molecule has 3 unspecified atom stereocenters. The van der Waals surface area contributed by atoms with Gasteiger partial charge in [0.05, 0.1) is 11.7 Å². The zero-order valence-corrected chi connectivity index (χ0v) is 35.4. The molecule has 0 amide bonds. The predicted octanol–water partition coefficient (Wildman–Crippen LogP) is 11.2. The van der Waals surface area contributed by atoms with Crippen LogP contribution in [0.1, 0.15) is 141 Å². The smallest absolute Gasteiger partial charge is 0.338 e. The van der Waals surface area contributed by atoms with Gasteiger partial charge in [-0.3, -0.25) is 4.98 Å². The van der Waals surface area contributed by atoms with Crippen LogP contribution in [0.15, 0.2) is 67.0 Å². The molecular weight excluding hydrogens is 663 g/mol. The third-order valence-corrected chi connectivity index (χ3v) is 17.1. The van der Waals surface area contributed by atoms with Crippen LogP contribution in [0.25, 0.3) is 5.57 Å². The van der Waals surface area contributed by atoms with Crippen molar-refractivity contribution in [2.24, 2.45) is 56.7 Å². The Morgan fingerprint density at radius 3 is 2.33 bits per heavy atom. The van der Waals surface area contributed by atoms with Crippen molar-refractivity contribution in [3.63, 3.8) is 0 Å². The first-order valence-electron chi connectivity index (χ1n) is 21.4. The summed E-state index contributed by atoms with van der Waals surface area (Å²) < 4.78 is 5.48. The van der Waals surface area contributed by atoms with E-state index in [0.717, 1.165) is 25.4 Å². The molecule has 4 saturated carbocycles. The molecule has 54 heavy (non-hydrogen) atoms. The standard InChI is InChI=1S/C49H71N3O2/c1-32(2)37-20-25-49(31-51-30-40(52(10)11)36-13-12-28-50-29-36)27-26-47(8)39(43(37)49)18-19-42-46(7)23-21-38(45(5,6)41(46)22-24-48(42,47)9)34-14-16-35(17-15-34)44(53)54-33(3)4/h12-17,21,28-29,33,37,39-43,51H,1,18-20,22-27,30-31H2,2-11H3/t37?,39-,40?,41+,42-,43-,46+,47-,48-,49?/m1/s1. The number of carbonyl (C=O) groups is 1. The monoisotopic (exact) mass is 734 g/mol. The van der Waals surface area contributed by atoms with E-state index in [2.05, 4.69) is 108 Å². The van der Waals surface area contributed by atoms with Gasteiger partial charge in [-0.1, -0.05) is 71.0 Å². The van der Waals surface area contributed by atoms with Gasteiger partial charge in [-0.2, -0.15) is 0 Å². The summed E-state index contributed by atoms with van der Waals surface area (Å²) in [6.45, 7) is 26.1. The molecule has 7 rings (SSSR count). The summed E-state index contributed by atoms with van der Waals surface area (Å²) in [6, 6.07) is 12.9. The Bertz CT molecular complexity index is 1730. The van der Waals surface area contributed by atoms with E-state index in [9.17, 15) is 4.79 Å². The molecule has 1 N–H and O–H groups in total. The quantitative estimate of drug-likeness (QED) is 0.195. The lowest BCUT2D eigenvalue weighted by Crippen LogP contribution is -2.65. The number of esters is 1. The highest BCUT2D eigenvalue weighted by Gasteiger charge is 2.70. The number of likely N-dealkylation sites (N-methyl/N-ethyl adjacent to an activating group) is 1. The van der Waals surface area contributed by atoms with E-state index in [1.807, 2.05) is 38.4 Å². The third-order valence-electron chi connectivity index (χ3n) is 17.1. The van der Waals surface area contributed by atoms with Gasteiger partial charge in [0.2, 0.25) is 0 Å². The number of benzene rings is 1. The Balaban J connectivity index is 1.14. The minimum Gasteiger partial charge on any atom is -0.459 e. The number of pyridine rings is 1. The van der Waals surface area contributed by atoms with E-state index in [-0.39, 0.29) is 22.9 Å². The number of hydrogen-bond acceptors (Lipinski definition) is 5. The summed E-state index contributed by atoms with van der Waals surface area (Å²) >= 11 is 0. The van der Waals surface area contributed by atoms with Gasteiger partial charge in [-0.15, -0.1) is 0 Å². The highest BCUT2D eigenvalue weighted by atomic mass is 16.5. The molecule has 5 heteroatoms. The molecule has 1 aromatic heterocycles. The van der Waals surface area contributed by atoms with E-state index in [1.54, 1.807) is 0 Å². The van der Waals surface area contributed by atoms with Crippen LogP contribution in [-0.4, -0.2) is 49.1 Å². The molecule has 0 bridgehead atoms. The molecule has 0 saturated heterocycles. The van der Waals surface area contributed by atoms with Gasteiger partial charge in [0.15, 0.2) is 0 Å². The number of nitrogens with zero attached hydrogens (tertiary/aromatic N) is 2. The maximum atomic E-state index is 12.6. The fourth-order valence-corrected chi connectivity index (χ4v) is 14.4. The molecule has 294 valence electrons. The minimum absolute atomic E-state index is 0.0517. The van der Waals surface area contributed by atoms with E-state index >= 15 is 0 Å². The van der Waals surface area contributed by atoms with Crippen LogP contribution in [0, 0.1) is 56.7 Å².